The predicted octanol–water partition coefficient (Wildman–Crippen LogP) is 8.63. The SMILES string of the molecule is C=CCCOc1ccc(-c2ccc(CCc3ccc(-c4ccc(C)cc4)c(F)c3F)cc2)c(F)c1F. The van der Waals surface area contributed by atoms with Crippen LogP contribution >= 0.6 is 0 Å². The number of halogens is 4. The molecular weight excluding hydrogens is 464 g/mol. The van der Waals surface area contributed by atoms with Gasteiger partial charge in [0.15, 0.2) is 23.2 Å². The topological polar surface area (TPSA) is 9.23 Å². The third kappa shape index (κ3) is 5.51. The maximum absolute atomic E-state index is 14.8. The zero-order chi connectivity index (χ0) is 25.7. The third-order valence-electron chi connectivity index (χ3n) is 6.10. The van der Waals surface area contributed by atoms with Gasteiger partial charge in [-0.05, 0) is 60.6 Å². The minimum Gasteiger partial charge on any atom is -0.490 e. The van der Waals surface area contributed by atoms with Crippen molar-refractivity contribution in [2.24, 2.45) is 0 Å². The van der Waals surface area contributed by atoms with E-state index in [1.54, 1.807) is 54.6 Å². The molecule has 0 aliphatic rings. The summed E-state index contributed by atoms with van der Waals surface area (Å²) in [5, 5.41) is 0. The Labute approximate surface area is 208 Å². The molecular formula is C31H26F4O. The number of benzene rings is 4. The summed E-state index contributed by atoms with van der Waals surface area (Å²) in [7, 11) is 0. The van der Waals surface area contributed by atoms with E-state index in [0.29, 0.717) is 30.4 Å². The van der Waals surface area contributed by atoms with E-state index in [4.69, 9.17) is 4.74 Å². The van der Waals surface area contributed by atoms with E-state index in [0.717, 1.165) is 11.1 Å². The molecule has 1 nitrogen and oxygen atoms in total. The lowest BCUT2D eigenvalue weighted by atomic mass is 9.97. The third-order valence-corrected chi connectivity index (χ3v) is 6.10. The van der Waals surface area contributed by atoms with Crippen LogP contribution in [-0.4, -0.2) is 6.61 Å². The van der Waals surface area contributed by atoms with Crippen molar-refractivity contribution in [1.29, 1.82) is 0 Å². The van der Waals surface area contributed by atoms with Gasteiger partial charge >= 0.3 is 0 Å². The first-order valence-corrected chi connectivity index (χ1v) is 11.7. The summed E-state index contributed by atoms with van der Waals surface area (Å²) in [6.45, 7) is 5.71. The first kappa shape index (κ1) is 25.2. The summed E-state index contributed by atoms with van der Waals surface area (Å²) >= 11 is 0. The minimum atomic E-state index is -1.03. The second kappa shape index (κ2) is 11.3. The van der Waals surface area contributed by atoms with Crippen LogP contribution in [0, 0.1) is 30.2 Å². The van der Waals surface area contributed by atoms with Gasteiger partial charge in [-0.2, -0.15) is 4.39 Å². The highest BCUT2D eigenvalue weighted by atomic mass is 19.2. The van der Waals surface area contributed by atoms with E-state index in [1.165, 1.54) is 12.1 Å². The normalized spacial score (nSPS) is 10.9. The van der Waals surface area contributed by atoms with E-state index in [9.17, 15) is 17.6 Å². The molecule has 4 rings (SSSR count). The fourth-order valence-electron chi connectivity index (χ4n) is 3.99. The lowest BCUT2D eigenvalue weighted by Gasteiger charge is -2.11. The molecule has 0 heterocycles. The van der Waals surface area contributed by atoms with Crippen LogP contribution in [0.5, 0.6) is 5.75 Å². The molecule has 0 amide bonds. The molecule has 4 aromatic rings. The summed E-state index contributed by atoms with van der Waals surface area (Å²) in [5.74, 6) is -3.87. The predicted molar refractivity (Wildman–Crippen MR) is 136 cm³/mol. The average Bonchev–Trinajstić information content (AvgIpc) is 2.89. The van der Waals surface area contributed by atoms with Crippen molar-refractivity contribution in [3.05, 3.63) is 125 Å². The first-order chi connectivity index (χ1) is 17.4. The number of ether oxygens (including phenoxy) is 1. The lowest BCUT2D eigenvalue weighted by molar-refractivity contribution is 0.302. The van der Waals surface area contributed by atoms with Crippen LogP contribution in [0.2, 0.25) is 0 Å². The highest BCUT2D eigenvalue weighted by molar-refractivity contribution is 5.66. The molecule has 0 aromatic heterocycles. The Morgan fingerprint density at radius 3 is 1.89 bits per heavy atom. The lowest BCUT2D eigenvalue weighted by Crippen LogP contribution is -2.01. The molecule has 0 N–H and O–H groups in total. The van der Waals surface area contributed by atoms with Gasteiger partial charge in [0.05, 0.1) is 6.61 Å². The Kier molecular flexibility index (Phi) is 7.89. The minimum absolute atomic E-state index is 0.120. The van der Waals surface area contributed by atoms with Gasteiger partial charge in [-0.25, -0.2) is 13.2 Å². The Morgan fingerprint density at radius 2 is 1.25 bits per heavy atom. The Balaban J connectivity index is 1.45. The summed E-state index contributed by atoms with van der Waals surface area (Å²) in [5.41, 5.74) is 3.67. The van der Waals surface area contributed by atoms with Crippen molar-refractivity contribution < 1.29 is 22.3 Å². The van der Waals surface area contributed by atoms with Crippen LogP contribution in [0.25, 0.3) is 22.3 Å². The molecule has 0 aliphatic carbocycles. The molecule has 36 heavy (non-hydrogen) atoms. The molecule has 0 atom stereocenters. The monoisotopic (exact) mass is 490 g/mol. The second-order valence-electron chi connectivity index (χ2n) is 8.63. The quantitative estimate of drug-likeness (QED) is 0.130. The molecule has 4 aromatic carbocycles. The number of hydrogen-bond acceptors (Lipinski definition) is 1. The van der Waals surface area contributed by atoms with E-state index in [1.807, 2.05) is 19.1 Å². The van der Waals surface area contributed by atoms with Crippen LogP contribution in [0.4, 0.5) is 17.6 Å². The number of aryl methyl sites for hydroxylation is 3. The standard InChI is InChI=1S/C31H26F4O/c1-3-4-19-36-27-18-17-26(30(34)31(27)35)23-12-7-21(8-13-23)9-14-24-15-16-25(29(33)28(24)32)22-10-5-20(2)6-11-22/h3,5-8,10-13,15-18H,1,4,9,14,19H2,2H3. The molecule has 184 valence electrons. The highest BCUT2D eigenvalue weighted by Gasteiger charge is 2.17. The Bertz CT molecular complexity index is 1360. The van der Waals surface area contributed by atoms with Crippen LogP contribution in [0.1, 0.15) is 23.1 Å². The fraction of sp³-hybridized carbons (Fsp3) is 0.161. The van der Waals surface area contributed by atoms with Gasteiger partial charge in [0.1, 0.15) is 0 Å². The Morgan fingerprint density at radius 1 is 0.667 bits per heavy atom. The molecule has 0 bridgehead atoms. The molecule has 5 heteroatoms. The summed E-state index contributed by atoms with van der Waals surface area (Å²) in [6, 6.07) is 20.3. The van der Waals surface area contributed by atoms with Gasteiger partial charge in [-0.1, -0.05) is 72.3 Å². The number of hydrogen-bond donors (Lipinski definition) is 0. The molecule has 0 radical (unpaired) electrons. The van der Waals surface area contributed by atoms with E-state index < -0.39 is 23.3 Å². The molecule has 0 unspecified atom stereocenters. The maximum atomic E-state index is 14.8. The molecule has 0 aliphatic heterocycles. The van der Waals surface area contributed by atoms with E-state index in [-0.39, 0.29) is 29.0 Å². The van der Waals surface area contributed by atoms with Crippen molar-refractivity contribution in [2.45, 2.75) is 26.2 Å². The number of rotatable bonds is 9. The zero-order valence-electron chi connectivity index (χ0n) is 20.0. The van der Waals surface area contributed by atoms with Gasteiger partial charge in [0.2, 0.25) is 5.82 Å². The van der Waals surface area contributed by atoms with Crippen LogP contribution in [0.15, 0.2) is 85.5 Å². The summed E-state index contributed by atoms with van der Waals surface area (Å²) < 4.78 is 63.8. The van der Waals surface area contributed by atoms with Crippen LogP contribution < -0.4 is 4.74 Å². The molecule has 0 fully saturated rings. The van der Waals surface area contributed by atoms with Gasteiger partial charge in [-0.15, -0.1) is 6.58 Å². The van der Waals surface area contributed by atoms with Gasteiger partial charge < -0.3 is 4.74 Å². The molecule has 0 saturated heterocycles. The van der Waals surface area contributed by atoms with Gasteiger partial charge in [0.25, 0.3) is 0 Å². The summed E-state index contributed by atoms with van der Waals surface area (Å²) in [4.78, 5) is 0. The summed E-state index contributed by atoms with van der Waals surface area (Å²) in [6.07, 6.45) is 2.93. The van der Waals surface area contributed by atoms with Crippen molar-refractivity contribution in [3.63, 3.8) is 0 Å². The van der Waals surface area contributed by atoms with Crippen molar-refractivity contribution in [1.82, 2.24) is 0 Å². The van der Waals surface area contributed by atoms with E-state index >= 15 is 0 Å². The van der Waals surface area contributed by atoms with Gasteiger partial charge in [-0.3, -0.25) is 0 Å². The highest BCUT2D eigenvalue weighted by Crippen LogP contribution is 2.31. The Hall–Kier alpha value is -3.86. The van der Waals surface area contributed by atoms with E-state index in [2.05, 4.69) is 6.58 Å². The van der Waals surface area contributed by atoms with Gasteiger partial charge in [0, 0.05) is 11.1 Å². The fourth-order valence-corrected chi connectivity index (χ4v) is 3.99. The maximum Gasteiger partial charge on any atom is 0.201 e. The second-order valence-corrected chi connectivity index (χ2v) is 8.63. The smallest absolute Gasteiger partial charge is 0.201 e. The zero-order valence-corrected chi connectivity index (χ0v) is 20.0. The molecule has 0 spiro atoms. The van der Waals surface area contributed by atoms with Crippen molar-refractivity contribution in [3.8, 4) is 28.0 Å². The largest absolute Gasteiger partial charge is 0.490 e. The first-order valence-electron chi connectivity index (χ1n) is 11.7. The average molecular weight is 491 g/mol. The van der Waals surface area contributed by atoms with Crippen LogP contribution in [0.3, 0.4) is 0 Å². The molecule has 0 saturated carbocycles. The van der Waals surface area contributed by atoms with Crippen molar-refractivity contribution in [2.75, 3.05) is 6.61 Å². The van der Waals surface area contributed by atoms with Crippen molar-refractivity contribution >= 4 is 0 Å². The van der Waals surface area contributed by atoms with Crippen LogP contribution in [-0.2, 0) is 12.8 Å².